The second-order valence-electron chi connectivity index (χ2n) is 7.00. The van der Waals surface area contributed by atoms with Crippen LogP contribution >= 0.6 is 0 Å². The van der Waals surface area contributed by atoms with Crippen molar-refractivity contribution >= 4 is 20.8 Å². The first kappa shape index (κ1) is 19.5. The van der Waals surface area contributed by atoms with Crippen molar-refractivity contribution in [2.45, 2.75) is 37.9 Å². The molecule has 0 amide bonds. The van der Waals surface area contributed by atoms with Gasteiger partial charge in [-0.1, -0.05) is 54.6 Å². The molecule has 0 saturated carbocycles. The van der Waals surface area contributed by atoms with E-state index in [0.717, 1.165) is 12.1 Å². The molecule has 0 heterocycles. The van der Waals surface area contributed by atoms with Gasteiger partial charge in [-0.25, -0.2) is 8.42 Å². The quantitative estimate of drug-likeness (QED) is 0.668. The van der Waals surface area contributed by atoms with Gasteiger partial charge in [-0.15, -0.1) is 0 Å². The Morgan fingerprint density at radius 3 is 2.26 bits per heavy atom. The molecule has 3 aromatic carbocycles. The number of sulfonamides is 1. The molecule has 27 heavy (non-hydrogen) atoms. The summed E-state index contributed by atoms with van der Waals surface area (Å²) in [5.74, 6) is 0. The van der Waals surface area contributed by atoms with E-state index in [-0.39, 0.29) is 6.04 Å². The Labute approximate surface area is 161 Å². The number of hydrogen-bond donors (Lipinski definition) is 1. The molecule has 142 valence electrons. The molecule has 0 bridgehead atoms. The minimum absolute atomic E-state index is 0.0722. The van der Waals surface area contributed by atoms with Gasteiger partial charge < -0.3 is 5.32 Å². The van der Waals surface area contributed by atoms with Gasteiger partial charge in [0.05, 0.1) is 4.90 Å². The van der Waals surface area contributed by atoms with Crippen LogP contribution in [0.3, 0.4) is 0 Å². The fraction of sp³-hybridized carbons (Fsp3) is 0.273. The van der Waals surface area contributed by atoms with E-state index < -0.39 is 10.0 Å². The summed E-state index contributed by atoms with van der Waals surface area (Å²) in [6.45, 7) is 5.17. The minimum atomic E-state index is -3.43. The van der Waals surface area contributed by atoms with Crippen LogP contribution in [0.5, 0.6) is 0 Å². The third kappa shape index (κ3) is 4.38. The Hall–Kier alpha value is -2.21. The van der Waals surface area contributed by atoms with E-state index in [1.165, 1.54) is 20.6 Å². The van der Waals surface area contributed by atoms with Gasteiger partial charge in [0.15, 0.2) is 0 Å². The van der Waals surface area contributed by atoms with Gasteiger partial charge in [-0.2, -0.15) is 4.31 Å². The van der Waals surface area contributed by atoms with Crippen LogP contribution in [0.1, 0.15) is 25.0 Å². The minimum Gasteiger partial charge on any atom is -0.309 e. The van der Waals surface area contributed by atoms with Gasteiger partial charge in [0.2, 0.25) is 10.0 Å². The maximum Gasteiger partial charge on any atom is 0.243 e. The van der Waals surface area contributed by atoms with Crippen LogP contribution in [0.15, 0.2) is 71.6 Å². The molecule has 0 fully saturated rings. The van der Waals surface area contributed by atoms with Crippen LogP contribution in [-0.2, 0) is 23.1 Å². The van der Waals surface area contributed by atoms with Crippen molar-refractivity contribution in [3.05, 3.63) is 77.9 Å². The molecule has 3 aromatic rings. The predicted molar refractivity (Wildman–Crippen MR) is 111 cm³/mol. The number of rotatable bonds is 7. The van der Waals surface area contributed by atoms with Gasteiger partial charge in [0.1, 0.15) is 0 Å². The molecule has 0 radical (unpaired) electrons. The first-order valence-corrected chi connectivity index (χ1v) is 10.6. The van der Waals surface area contributed by atoms with Gasteiger partial charge >= 0.3 is 0 Å². The molecule has 3 rings (SSSR count). The van der Waals surface area contributed by atoms with E-state index in [1.807, 2.05) is 32.0 Å². The Balaban J connectivity index is 1.65. The van der Waals surface area contributed by atoms with Gasteiger partial charge in [0, 0.05) is 26.2 Å². The lowest BCUT2D eigenvalue weighted by Crippen LogP contribution is -2.33. The van der Waals surface area contributed by atoms with Crippen molar-refractivity contribution in [3.63, 3.8) is 0 Å². The van der Waals surface area contributed by atoms with Crippen LogP contribution in [0, 0.1) is 0 Å². The first-order valence-electron chi connectivity index (χ1n) is 9.14. The molecule has 0 unspecified atom stereocenters. The van der Waals surface area contributed by atoms with Crippen molar-refractivity contribution in [3.8, 4) is 0 Å². The normalized spacial score (nSPS) is 12.2. The van der Waals surface area contributed by atoms with E-state index >= 15 is 0 Å². The second-order valence-corrected chi connectivity index (χ2v) is 9.00. The summed E-state index contributed by atoms with van der Waals surface area (Å²) in [7, 11) is -1.82. The molecule has 0 saturated heterocycles. The van der Waals surface area contributed by atoms with Crippen molar-refractivity contribution in [1.29, 1.82) is 0 Å². The molecule has 0 atom stereocenters. The zero-order valence-corrected chi connectivity index (χ0v) is 16.8. The van der Waals surface area contributed by atoms with E-state index in [4.69, 9.17) is 0 Å². The topological polar surface area (TPSA) is 49.4 Å². The molecule has 0 aliphatic carbocycles. The lowest BCUT2D eigenvalue weighted by Gasteiger charge is -2.21. The summed E-state index contributed by atoms with van der Waals surface area (Å²) < 4.78 is 26.4. The van der Waals surface area contributed by atoms with Crippen LogP contribution < -0.4 is 5.32 Å². The average molecular weight is 383 g/mol. The first-order chi connectivity index (χ1) is 12.9. The highest BCUT2D eigenvalue weighted by atomic mass is 32.2. The molecular formula is C22H26N2O2S. The average Bonchev–Trinajstić information content (AvgIpc) is 2.68. The number of hydrogen-bond acceptors (Lipinski definition) is 3. The molecule has 5 heteroatoms. The monoisotopic (exact) mass is 382 g/mol. The van der Waals surface area contributed by atoms with Crippen molar-refractivity contribution < 1.29 is 8.42 Å². The van der Waals surface area contributed by atoms with Crippen molar-refractivity contribution in [1.82, 2.24) is 9.62 Å². The summed E-state index contributed by atoms with van der Waals surface area (Å²) in [6, 6.07) is 21.7. The van der Waals surface area contributed by atoms with Crippen LogP contribution in [0.2, 0.25) is 0 Å². The Morgan fingerprint density at radius 1 is 0.889 bits per heavy atom. The SMILES string of the molecule is CC(C)N(C)S(=O)(=O)c1ccc(CNCc2cccc3ccccc23)cc1. The Kier molecular flexibility index (Phi) is 5.95. The molecule has 4 nitrogen and oxygen atoms in total. The zero-order valence-electron chi connectivity index (χ0n) is 16.0. The zero-order chi connectivity index (χ0) is 19.4. The third-order valence-electron chi connectivity index (χ3n) is 4.85. The fourth-order valence-electron chi connectivity index (χ4n) is 3.01. The Morgan fingerprint density at radius 2 is 1.56 bits per heavy atom. The highest BCUT2D eigenvalue weighted by Gasteiger charge is 2.22. The summed E-state index contributed by atoms with van der Waals surface area (Å²) in [4.78, 5) is 0.330. The lowest BCUT2D eigenvalue weighted by atomic mass is 10.0. The number of nitrogens with zero attached hydrogens (tertiary/aromatic N) is 1. The summed E-state index contributed by atoms with van der Waals surface area (Å²) in [5.41, 5.74) is 2.31. The molecule has 0 spiro atoms. The van der Waals surface area contributed by atoms with Crippen LogP contribution in [0.4, 0.5) is 0 Å². The number of benzene rings is 3. The molecular weight excluding hydrogens is 356 g/mol. The number of nitrogens with one attached hydrogen (secondary N) is 1. The van der Waals surface area contributed by atoms with E-state index in [9.17, 15) is 8.42 Å². The molecule has 1 N–H and O–H groups in total. The Bertz CT molecular complexity index is 1010. The standard InChI is InChI=1S/C22H26N2O2S/c1-17(2)24(3)27(25,26)21-13-11-18(12-14-21)15-23-16-20-9-6-8-19-7-4-5-10-22(19)20/h4-14,17,23H,15-16H2,1-3H3. The molecule has 0 aromatic heterocycles. The van der Waals surface area contributed by atoms with Gasteiger partial charge in [-0.3, -0.25) is 0 Å². The highest BCUT2D eigenvalue weighted by Crippen LogP contribution is 2.19. The van der Waals surface area contributed by atoms with Gasteiger partial charge in [0.25, 0.3) is 0 Å². The van der Waals surface area contributed by atoms with Crippen molar-refractivity contribution in [2.24, 2.45) is 0 Å². The summed E-state index contributed by atoms with van der Waals surface area (Å²) in [6.07, 6.45) is 0. The maximum absolute atomic E-state index is 12.5. The van der Waals surface area contributed by atoms with Gasteiger partial charge in [-0.05, 0) is 47.9 Å². The third-order valence-corrected chi connectivity index (χ3v) is 6.90. The summed E-state index contributed by atoms with van der Waals surface area (Å²) in [5, 5.41) is 5.94. The number of fused-ring (bicyclic) bond motifs is 1. The van der Waals surface area contributed by atoms with E-state index in [1.54, 1.807) is 19.2 Å². The van der Waals surface area contributed by atoms with Crippen LogP contribution in [0.25, 0.3) is 10.8 Å². The van der Waals surface area contributed by atoms with Crippen LogP contribution in [-0.4, -0.2) is 25.8 Å². The largest absolute Gasteiger partial charge is 0.309 e. The fourth-order valence-corrected chi connectivity index (χ4v) is 4.38. The van der Waals surface area contributed by atoms with E-state index in [0.29, 0.717) is 11.4 Å². The lowest BCUT2D eigenvalue weighted by molar-refractivity contribution is 0.410. The highest BCUT2D eigenvalue weighted by molar-refractivity contribution is 7.89. The maximum atomic E-state index is 12.5. The van der Waals surface area contributed by atoms with Crippen molar-refractivity contribution in [2.75, 3.05) is 7.05 Å². The summed E-state index contributed by atoms with van der Waals surface area (Å²) >= 11 is 0. The molecule has 0 aliphatic rings. The predicted octanol–water partition coefficient (Wildman–Crippen LogP) is 4.16. The second kappa shape index (κ2) is 8.21. The smallest absolute Gasteiger partial charge is 0.243 e. The van der Waals surface area contributed by atoms with E-state index in [2.05, 4.69) is 41.7 Å². The molecule has 0 aliphatic heterocycles.